The zero-order valence-corrected chi connectivity index (χ0v) is 11.5. The minimum Gasteiger partial charge on any atom is -0.382 e. The number of hydrogen-bond acceptors (Lipinski definition) is 4. The van der Waals surface area contributed by atoms with Crippen molar-refractivity contribution in [1.29, 1.82) is 5.26 Å². The Balaban J connectivity index is 0.000000861. The number of nitriles is 1. The normalized spacial score (nSPS) is 9.42. The van der Waals surface area contributed by atoms with Crippen LogP contribution < -0.4 is 11.5 Å². The van der Waals surface area contributed by atoms with Gasteiger partial charge in [0.25, 0.3) is 0 Å². The van der Waals surface area contributed by atoms with Crippen LogP contribution >= 0.6 is 0 Å². The molecule has 0 aliphatic rings. The summed E-state index contributed by atoms with van der Waals surface area (Å²) in [6.07, 6.45) is 0.700. The van der Waals surface area contributed by atoms with Crippen LogP contribution in [0.25, 0.3) is 5.69 Å². The second-order valence-corrected chi connectivity index (χ2v) is 3.92. The van der Waals surface area contributed by atoms with E-state index in [1.165, 1.54) is 12.6 Å². The van der Waals surface area contributed by atoms with Gasteiger partial charge in [0.2, 0.25) is 0 Å². The molecule has 0 spiro atoms. The third kappa shape index (κ3) is 2.92. The fraction of sp³-hybridized carbons (Fsp3) is 0.286. The standard InChI is InChI=1S/C13H14N4.CH5N/c1-3-12-11(8-14)13(15)17(16-12)10-6-4-9(2)5-7-10;1-2/h4-7H,3,15H2,1-2H3;2H2,1H3. The largest absolute Gasteiger partial charge is 0.382 e. The second kappa shape index (κ2) is 6.57. The first-order chi connectivity index (χ1) is 9.17. The smallest absolute Gasteiger partial charge is 0.145 e. The highest BCUT2D eigenvalue weighted by atomic mass is 15.3. The van der Waals surface area contributed by atoms with E-state index in [-0.39, 0.29) is 0 Å². The van der Waals surface area contributed by atoms with Crippen molar-refractivity contribution >= 4 is 5.82 Å². The Morgan fingerprint density at radius 3 is 2.26 bits per heavy atom. The predicted octanol–water partition coefficient (Wildman–Crippen LogP) is 1.77. The number of benzene rings is 1. The van der Waals surface area contributed by atoms with Crippen LogP contribution in [0.3, 0.4) is 0 Å². The molecular weight excluding hydrogens is 238 g/mol. The molecule has 0 aliphatic heterocycles. The Morgan fingerprint density at radius 1 is 1.26 bits per heavy atom. The van der Waals surface area contributed by atoms with Crippen LogP contribution in [-0.4, -0.2) is 16.8 Å². The maximum absolute atomic E-state index is 9.05. The van der Waals surface area contributed by atoms with Gasteiger partial charge >= 0.3 is 0 Å². The molecule has 0 atom stereocenters. The van der Waals surface area contributed by atoms with Gasteiger partial charge in [0.1, 0.15) is 17.5 Å². The van der Waals surface area contributed by atoms with Crippen molar-refractivity contribution < 1.29 is 0 Å². The molecule has 0 amide bonds. The van der Waals surface area contributed by atoms with E-state index in [9.17, 15) is 0 Å². The lowest BCUT2D eigenvalue weighted by atomic mass is 10.2. The van der Waals surface area contributed by atoms with Crippen LogP contribution in [0.5, 0.6) is 0 Å². The molecule has 1 aromatic heterocycles. The van der Waals surface area contributed by atoms with E-state index in [2.05, 4.69) is 16.9 Å². The molecule has 0 fully saturated rings. The summed E-state index contributed by atoms with van der Waals surface area (Å²) in [6.45, 7) is 3.98. The molecule has 1 heterocycles. The molecule has 0 bridgehead atoms. The molecule has 0 saturated heterocycles. The SMILES string of the molecule is CCc1nn(-c2ccc(C)cc2)c(N)c1C#N.CN. The van der Waals surface area contributed by atoms with Gasteiger partial charge in [-0.1, -0.05) is 24.6 Å². The monoisotopic (exact) mass is 257 g/mol. The summed E-state index contributed by atoms with van der Waals surface area (Å²) >= 11 is 0. The van der Waals surface area contributed by atoms with Gasteiger partial charge in [0.15, 0.2) is 0 Å². The fourth-order valence-electron chi connectivity index (χ4n) is 1.73. The Morgan fingerprint density at radius 2 is 1.84 bits per heavy atom. The van der Waals surface area contributed by atoms with Gasteiger partial charge in [-0.05, 0) is 32.5 Å². The van der Waals surface area contributed by atoms with E-state index in [0.29, 0.717) is 17.8 Å². The van der Waals surface area contributed by atoms with Crippen molar-refractivity contribution in [2.24, 2.45) is 5.73 Å². The third-order valence-corrected chi connectivity index (χ3v) is 2.72. The van der Waals surface area contributed by atoms with Gasteiger partial charge in [-0.25, -0.2) is 4.68 Å². The first-order valence-corrected chi connectivity index (χ1v) is 6.09. The molecule has 19 heavy (non-hydrogen) atoms. The topological polar surface area (TPSA) is 93.6 Å². The summed E-state index contributed by atoms with van der Waals surface area (Å²) in [5.74, 6) is 0.410. The van der Waals surface area contributed by atoms with Crippen LogP contribution in [-0.2, 0) is 6.42 Å². The van der Waals surface area contributed by atoms with Crippen molar-refractivity contribution in [3.63, 3.8) is 0 Å². The molecule has 2 aromatic rings. The van der Waals surface area contributed by atoms with Gasteiger partial charge in [0, 0.05) is 0 Å². The van der Waals surface area contributed by atoms with Gasteiger partial charge < -0.3 is 11.5 Å². The molecule has 5 heteroatoms. The second-order valence-electron chi connectivity index (χ2n) is 3.92. The van der Waals surface area contributed by atoms with Crippen molar-refractivity contribution in [1.82, 2.24) is 9.78 Å². The van der Waals surface area contributed by atoms with Gasteiger partial charge in [-0.15, -0.1) is 0 Å². The zero-order valence-electron chi connectivity index (χ0n) is 11.5. The highest BCUT2D eigenvalue weighted by Crippen LogP contribution is 2.20. The van der Waals surface area contributed by atoms with Crippen molar-refractivity contribution in [2.75, 3.05) is 12.8 Å². The van der Waals surface area contributed by atoms with Crippen LogP contribution in [0.4, 0.5) is 5.82 Å². The molecule has 5 nitrogen and oxygen atoms in total. The summed E-state index contributed by atoms with van der Waals surface area (Å²) in [5.41, 5.74) is 13.7. The number of nitrogens with two attached hydrogens (primary N) is 2. The molecule has 0 radical (unpaired) electrons. The lowest BCUT2D eigenvalue weighted by Crippen LogP contribution is -2.02. The number of anilines is 1. The first-order valence-electron chi connectivity index (χ1n) is 6.09. The zero-order chi connectivity index (χ0) is 14.4. The Kier molecular flexibility index (Phi) is 5.10. The molecule has 0 aliphatic carbocycles. The molecule has 2 rings (SSSR count). The molecule has 0 saturated carbocycles. The average molecular weight is 257 g/mol. The van der Waals surface area contributed by atoms with E-state index in [0.717, 1.165) is 11.4 Å². The highest BCUT2D eigenvalue weighted by Gasteiger charge is 2.14. The van der Waals surface area contributed by atoms with Gasteiger partial charge in [-0.2, -0.15) is 10.4 Å². The van der Waals surface area contributed by atoms with Crippen LogP contribution in [0.1, 0.15) is 23.7 Å². The maximum atomic E-state index is 9.05. The number of rotatable bonds is 2. The summed E-state index contributed by atoms with van der Waals surface area (Å²) in [6, 6.07) is 9.98. The Labute approximate surface area is 113 Å². The first kappa shape index (κ1) is 14.7. The third-order valence-electron chi connectivity index (χ3n) is 2.72. The van der Waals surface area contributed by atoms with E-state index >= 15 is 0 Å². The van der Waals surface area contributed by atoms with E-state index in [1.54, 1.807) is 4.68 Å². The predicted molar refractivity (Wildman–Crippen MR) is 76.9 cm³/mol. The summed E-state index contributed by atoms with van der Waals surface area (Å²) in [4.78, 5) is 0. The van der Waals surface area contributed by atoms with E-state index < -0.39 is 0 Å². The molecule has 100 valence electrons. The lowest BCUT2D eigenvalue weighted by Gasteiger charge is -2.03. The van der Waals surface area contributed by atoms with E-state index in [4.69, 9.17) is 11.0 Å². The molecule has 4 N–H and O–H groups in total. The van der Waals surface area contributed by atoms with Crippen molar-refractivity contribution in [3.8, 4) is 11.8 Å². The number of aromatic nitrogens is 2. The average Bonchev–Trinajstić information content (AvgIpc) is 2.78. The summed E-state index contributed by atoms with van der Waals surface area (Å²) in [5, 5.41) is 13.4. The molecular formula is C14H19N5. The Hall–Kier alpha value is -2.32. The Bertz CT molecular complexity index is 575. The van der Waals surface area contributed by atoms with Crippen molar-refractivity contribution in [2.45, 2.75) is 20.3 Å². The quantitative estimate of drug-likeness (QED) is 0.857. The lowest BCUT2D eigenvalue weighted by molar-refractivity contribution is 0.848. The highest BCUT2D eigenvalue weighted by molar-refractivity contribution is 5.56. The van der Waals surface area contributed by atoms with Crippen LogP contribution in [0.15, 0.2) is 24.3 Å². The number of nitrogen functional groups attached to an aromatic ring is 1. The summed E-state index contributed by atoms with van der Waals surface area (Å²) in [7, 11) is 1.50. The van der Waals surface area contributed by atoms with Crippen LogP contribution in [0, 0.1) is 18.3 Å². The van der Waals surface area contributed by atoms with Gasteiger partial charge in [-0.3, -0.25) is 0 Å². The van der Waals surface area contributed by atoms with Gasteiger partial charge in [0.05, 0.1) is 11.4 Å². The van der Waals surface area contributed by atoms with Crippen molar-refractivity contribution in [3.05, 3.63) is 41.1 Å². The number of nitrogens with zero attached hydrogens (tertiary/aromatic N) is 3. The van der Waals surface area contributed by atoms with Crippen LogP contribution in [0.2, 0.25) is 0 Å². The minimum absolute atomic E-state index is 0.410. The van der Waals surface area contributed by atoms with E-state index in [1.807, 2.05) is 38.1 Å². The minimum atomic E-state index is 0.410. The number of hydrogen-bond donors (Lipinski definition) is 2. The number of aryl methyl sites for hydroxylation is 2. The summed E-state index contributed by atoms with van der Waals surface area (Å²) < 4.78 is 1.62. The molecule has 0 unspecified atom stereocenters. The fourth-order valence-corrected chi connectivity index (χ4v) is 1.73. The maximum Gasteiger partial charge on any atom is 0.145 e. The molecule has 1 aromatic carbocycles.